The third-order valence-electron chi connectivity index (χ3n) is 2.89. The summed E-state index contributed by atoms with van der Waals surface area (Å²) >= 11 is 5.72. The molecule has 0 saturated heterocycles. The molecule has 0 saturated carbocycles. The molecule has 20 heavy (non-hydrogen) atoms. The summed E-state index contributed by atoms with van der Waals surface area (Å²) in [6.45, 7) is 5.28. The predicted octanol–water partition coefficient (Wildman–Crippen LogP) is 2.80. The Morgan fingerprint density at radius 3 is 2.55 bits per heavy atom. The van der Waals surface area contributed by atoms with Crippen molar-refractivity contribution in [1.82, 2.24) is 5.32 Å². The summed E-state index contributed by atoms with van der Waals surface area (Å²) < 4.78 is 18.2. The Bertz CT molecular complexity index is 485. The number of carbonyl (C=O) groups excluding carboxylic acids is 2. The van der Waals surface area contributed by atoms with Crippen molar-refractivity contribution in [1.29, 1.82) is 0 Å². The van der Waals surface area contributed by atoms with Crippen molar-refractivity contribution in [3.63, 3.8) is 0 Å². The first-order chi connectivity index (χ1) is 9.32. The minimum absolute atomic E-state index is 0.0433. The van der Waals surface area contributed by atoms with Crippen LogP contribution in [0.5, 0.6) is 0 Å². The van der Waals surface area contributed by atoms with Crippen LogP contribution >= 0.6 is 11.6 Å². The van der Waals surface area contributed by atoms with Crippen molar-refractivity contribution in [3.05, 3.63) is 34.6 Å². The molecule has 4 nitrogen and oxygen atoms in total. The van der Waals surface area contributed by atoms with Crippen molar-refractivity contribution in [2.75, 3.05) is 6.61 Å². The molecule has 1 N–H and O–H groups in total. The molecule has 1 aromatic rings. The van der Waals surface area contributed by atoms with Crippen LogP contribution in [-0.2, 0) is 9.53 Å². The molecule has 0 aliphatic carbocycles. The highest BCUT2D eigenvalue weighted by atomic mass is 35.5. The van der Waals surface area contributed by atoms with E-state index in [1.54, 1.807) is 0 Å². The second-order valence-electron chi connectivity index (χ2n) is 4.77. The smallest absolute Gasteiger partial charge is 0.343 e. The van der Waals surface area contributed by atoms with Gasteiger partial charge >= 0.3 is 5.97 Å². The van der Waals surface area contributed by atoms with E-state index in [2.05, 4.69) is 5.32 Å². The quantitative estimate of drug-likeness (QED) is 0.851. The van der Waals surface area contributed by atoms with Gasteiger partial charge in [0.1, 0.15) is 11.4 Å². The molecule has 0 aromatic heterocycles. The van der Waals surface area contributed by atoms with Crippen molar-refractivity contribution in [2.45, 2.75) is 26.8 Å². The molecule has 0 aliphatic rings. The topological polar surface area (TPSA) is 55.4 Å². The lowest BCUT2D eigenvalue weighted by Gasteiger charge is -2.17. The van der Waals surface area contributed by atoms with Gasteiger partial charge in [-0.15, -0.1) is 0 Å². The highest BCUT2D eigenvalue weighted by Crippen LogP contribution is 2.19. The lowest BCUT2D eigenvalue weighted by Crippen LogP contribution is -2.38. The van der Waals surface area contributed by atoms with Gasteiger partial charge in [-0.3, -0.25) is 4.79 Å². The number of halogens is 2. The molecule has 0 spiro atoms. The van der Waals surface area contributed by atoms with Crippen molar-refractivity contribution in [3.8, 4) is 0 Å². The van der Waals surface area contributed by atoms with E-state index in [-0.39, 0.29) is 22.5 Å². The van der Waals surface area contributed by atoms with E-state index in [0.29, 0.717) is 0 Å². The first-order valence-corrected chi connectivity index (χ1v) is 6.61. The molecule has 1 rings (SSSR count). The van der Waals surface area contributed by atoms with Gasteiger partial charge in [0.2, 0.25) is 0 Å². The summed E-state index contributed by atoms with van der Waals surface area (Å²) in [6, 6.07) is 3.81. The fourth-order valence-corrected chi connectivity index (χ4v) is 1.60. The molecular formula is C14H17ClFNO3. The minimum atomic E-state index is -0.958. The van der Waals surface area contributed by atoms with Gasteiger partial charge in [0.25, 0.3) is 5.91 Å². The number of benzene rings is 1. The van der Waals surface area contributed by atoms with E-state index < -0.39 is 24.3 Å². The Morgan fingerprint density at radius 1 is 1.35 bits per heavy atom. The third-order valence-corrected chi connectivity index (χ3v) is 3.20. The minimum Gasteiger partial charge on any atom is -0.452 e. The number of esters is 1. The SMILES string of the molecule is CC(C)C(C)NC(=O)COC(=O)c1c(F)cccc1Cl. The normalized spacial score (nSPS) is 12.1. The van der Waals surface area contributed by atoms with Gasteiger partial charge in [-0.25, -0.2) is 9.18 Å². The Labute approximate surface area is 122 Å². The van der Waals surface area contributed by atoms with Crippen molar-refractivity contribution in [2.24, 2.45) is 5.92 Å². The van der Waals surface area contributed by atoms with Gasteiger partial charge in [-0.05, 0) is 25.0 Å². The first-order valence-electron chi connectivity index (χ1n) is 6.23. The number of hydrogen-bond acceptors (Lipinski definition) is 3. The Kier molecular flexibility index (Phi) is 5.95. The molecule has 1 unspecified atom stereocenters. The van der Waals surface area contributed by atoms with E-state index in [1.807, 2.05) is 20.8 Å². The standard InChI is InChI=1S/C14H17ClFNO3/c1-8(2)9(3)17-12(18)7-20-14(19)13-10(15)5-4-6-11(13)16/h4-6,8-9H,7H2,1-3H3,(H,17,18). The second kappa shape index (κ2) is 7.24. The molecule has 1 aromatic carbocycles. The summed E-state index contributed by atoms with van der Waals surface area (Å²) in [6.07, 6.45) is 0. The van der Waals surface area contributed by atoms with Gasteiger partial charge in [0.05, 0.1) is 5.02 Å². The van der Waals surface area contributed by atoms with Crippen LogP contribution in [0.3, 0.4) is 0 Å². The fraction of sp³-hybridized carbons (Fsp3) is 0.429. The summed E-state index contributed by atoms with van der Waals surface area (Å²) in [5, 5.41) is 2.62. The fourth-order valence-electron chi connectivity index (χ4n) is 1.36. The zero-order valence-electron chi connectivity index (χ0n) is 11.6. The Morgan fingerprint density at radius 2 is 2.00 bits per heavy atom. The van der Waals surface area contributed by atoms with E-state index in [0.717, 1.165) is 6.07 Å². The molecule has 1 atom stereocenters. The number of ether oxygens (including phenoxy) is 1. The average Bonchev–Trinajstić information content (AvgIpc) is 2.36. The van der Waals surface area contributed by atoms with Gasteiger partial charge in [-0.2, -0.15) is 0 Å². The summed E-state index contributed by atoms with van der Waals surface area (Å²) in [4.78, 5) is 23.2. The second-order valence-corrected chi connectivity index (χ2v) is 5.18. The molecule has 110 valence electrons. The molecule has 0 bridgehead atoms. The molecular weight excluding hydrogens is 285 g/mol. The Balaban J connectivity index is 2.58. The Hall–Kier alpha value is -1.62. The zero-order valence-corrected chi connectivity index (χ0v) is 12.3. The third kappa shape index (κ3) is 4.49. The summed E-state index contributed by atoms with van der Waals surface area (Å²) in [5.74, 6) is -1.92. The van der Waals surface area contributed by atoms with E-state index in [4.69, 9.17) is 16.3 Å². The van der Waals surface area contributed by atoms with Crippen LogP contribution < -0.4 is 5.32 Å². The molecule has 6 heteroatoms. The molecule has 0 heterocycles. The van der Waals surface area contributed by atoms with Crippen LogP contribution in [0.4, 0.5) is 4.39 Å². The highest BCUT2D eigenvalue weighted by molar-refractivity contribution is 6.33. The number of hydrogen-bond donors (Lipinski definition) is 1. The lowest BCUT2D eigenvalue weighted by molar-refractivity contribution is -0.125. The number of carbonyl (C=O) groups is 2. The number of nitrogens with one attached hydrogen (secondary N) is 1. The number of rotatable bonds is 5. The van der Waals surface area contributed by atoms with Crippen molar-refractivity contribution >= 4 is 23.5 Å². The van der Waals surface area contributed by atoms with Crippen LogP contribution in [0.1, 0.15) is 31.1 Å². The van der Waals surface area contributed by atoms with E-state index in [1.165, 1.54) is 12.1 Å². The van der Waals surface area contributed by atoms with Gasteiger partial charge in [0, 0.05) is 6.04 Å². The molecule has 0 fully saturated rings. The average molecular weight is 302 g/mol. The summed E-state index contributed by atoms with van der Waals surface area (Å²) in [5.41, 5.74) is -0.362. The maximum absolute atomic E-state index is 13.5. The predicted molar refractivity (Wildman–Crippen MR) is 74.1 cm³/mol. The molecule has 0 aliphatic heterocycles. The van der Waals surface area contributed by atoms with E-state index >= 15 is 0 Å². The lowest BCUT2D eigenvalue weighted by atomic mass is 10.1. The highest BCUT2D eigenvalue weighted by Gasteiger charge is 2.19. The largest absolute Gasteiger partial charge is 0.452 e. The maximum atomic E-state index is 13.5. The van der Waals surface area contributed by atoms with Gasteiger partial charge < -0.3 is 10.1 Å². The monoisotopic (exact) mass is 301 g/mol. The van der Waals surface area contributed by atoms with Crippen LogP contribution in [-0.4, -0.2) is 24.5 Å². The van der Waals surface area contributed by atoms with Crippen LogP contribution in [0.2, 0.25) is 5.02 Å². The molecule has 0 radical (unpaired) electrons. The zero-order chi connectivity index (χ0) is 15.3. The van der Waals surface area contributed by atoms with E-state index in [9.17, 15) is 14.0 Å². The van der Waals surface area contributed by atoms with Crippen LogP contribution in [0.25, 0.3) is 0 Å². The van der Waals surface area contributed by atoms with Crippen LogP contribution in [0.15, 0.2) is 18.2 Å². The van der Waals surface area contributed by atoms with Gasteiger partial charge in [0.15, 0.2) is 6.61 Å². The number of amides is 1. The van der Waals surface area contributed by atoms with Crippen LogP contribution in [0, 0.1) is 11.7 Å². The first kappa shape index (κ1) is 16.4. The molecule has 1 amide bonds. The van der Waals surface area contributed by atoms with Crippen molar-refractivity contribution < 1.29 is 18.7 Å². The maximum Gasteiger partial charge on any atom is 0.343 e. The summed E-state index contributed by atoms with van der Waals surface area (Å²) in [7, 11) is 0. The van der Waals surface area contributed by atoms with Gasteiger partial charge in [-0.1, -0.05) is 31.5 Å².